The van der Waals surface area contributed by atoms with Gasteiger partial charge in [-0.15, -0.1) is 12.4 Å². The third-order valence-electron chi connectivity index (χ3n) is 3.76. The first-order valence-electron chi connectivity index (χ1n) is 7.68. The Morgan fingerprint density at radius 2 is 1.87 bits per heavy atom. The van der Waals surface area contributed by atoms with Gasteiger partial charge in [0.2, 0.25) is 5.91 Å². The number of halogens is 3. The summed E-state index contributed by atoms with van der Waals surface area (Å²) in [4.78, 5) is 15.6. The Bertz CT molecular complexity index is 456. The molecule has 0 atom stereocenters. The number of piperazine rings is 1. The molecule has 1 heterocycles. The van der Waals surface area contributed by atoms with Crippen LogP contribution in [0.25, 0.3) is 0 Å². The van der Waals surface area contributed by atoms with Crippen LogP contribution in [0.4, 0.5) is 8.78 Å². The van der Waals surface area contributed by atoms with E-state index in [1.54, 1.807) is 9.80 Å². The van der Waals surface area contributed by atoms with Crippen LogP contribution in [0.15, 0.2) is 30.3 Å². The molecule has 2 rings (SSSR count). The van der Waals surface area contributed by atoms with Gasteiger partial charge in [0.15, 0.2) is 0 Å². The van der Waals surface area contributed by atoms with Crippen molar-refractivity contribution >= 4 is 18.3 Å². The van der Waals surface area contributed by atoms with E-state index in [9.17, 15) is 13.6 Å². The lowest BCUT2D eigenvalue weighted by molar-refractivity contribution is -0.132. The van der Waals surface area contributed by atoms with E-state index in [0.29, 0.717) is 32.6 Å². The van der Waals surface area contributed by atoms with Crippen molar-refractivity contribution in [3.05, 3.63) is 35.9 Å². The summed E-state index contributed by atoms with van der Waals surface area (Å²) in [7, 11) is 0. The quantitative estimate of drug-likeness (QED) is 0.819. The molecule has 1 saturated heterocycles. The zero-order chi connectivity index (χ0) is 15.8. The third-order valence-corrected chi connectivity index (χ3v) is 3.76. The molecule has 1 aromatic rings. The summed E-state index contributed by atoms with van der Waals surface area (Å²) in [5.74, 6) is 0.0498. The van der Waals surface area contributed by atoms with Gasteiger partial charge in [-0.25, -0.2) is 8.78 Å². The monoisotopic (exact) mass is 347 g/mol. The second kappa shape index (κ2) is 10.5. The van der Waals surface area contributed by atoms with Crippen LogP contribution in [0.5, 0.6) is 0 Å². The van der Waals surface area contributed by atoms with Crippen molar-refractivity contribution in [2.24, 2.45) is 0 Å². The molecule has 0 aliphatic carbocycles. The Hall–Kier alpha value is -1.24. The second-order valence-corrected chi connectivity index (χ2v) is 5.49. The molecule has 0 saturated carbocycles. The molecular weight excluding hydrogens is 324 g/mol. The van der Waals surface area contributed by atoms with Gasteiger partial charge in [0.05, 0.1) is 6.54 Å². The van der Waals surface area contributed by atoms with Crippen LogP contribution in [-0.4, -0.2) is 61.4 Å². The summed E-state index contributed by atoms with van der Waals surface area (Å²) in [6.07, 6.45) is -2.10. The van der Waals surface area contributed by atoms with Crippen LogP contribution in [-0.2, 0) is 11.3 Å². The zero-order valence-electron chi connectivity index (χ0n) is 13.1. The van der Waals surface area contributed by atoms with Gasteiger partial charge < -0.3 is 10.2 Å². The number of carbonyl (C=O) groups excluding carboxylic acids is 1. The number of nitrogens with one attached hydrogen (secondary N) is 1. The minimum Gasteiger partial charge on any atom is -0.340 e. The first-order valence-corrected chi connectivity index (χ1v) is 7.68. The number of hydrogen-bond donors (Lipinski definition) is 1. The van der Waals surface area contributed by atoms with Gasteiger partial charge in [-0.2, -0.15) is 0 Å². The van der Waals surface area contributed by atoms with Gasteiger partial charge >= 0.3 is 0 Å². The molecule has 1 aliphatic rings. The topological polar surface area (TPSA) is 35.6 Å². The van der Waals surface area contributed by atoms with Crippen molar-refractivity contribution in [2.75, 3.05) is 39.3 Å². The predicted molar refractivity (Wildman–Crippen MR) is 89.0 cm³/mol. The molecule has 0 spiro atoms. The number of benzene rings is 1. The van der Waals surface area contributed by atoms with E-state index >= 15 is 0 Å². The molecule has 0 aromatic heterocycles. The summed E-state index contributed by atoms with van der Waals surface area (Å²) in [6.45, 7) is 3.51. The highest BCUT2D eigenvalue weighted by atomic mass is 35.5. The van der Waals surface area contributed by atoms with E-state index in [4.69, 9.17) is 0 Å². The van der Waals surface area contributed by atoms with Crippen LogP contribution in [0, 0.1) is 0 Å². The molecule has 23 heavy (non-hydrogen) atoms. The van der Waals surface area contributed by atoms with Crippen LogP contribution in [0.3, 0.4) is 0 Å². The molecule has 1 aliphatic heterocycles. The highest BCUT2D eigenvalue weighted by molar-refractivity contribution is 5.85. The fourth-order valence-corrected chi connectivity index (χ4v) is 2.60. The lowest BCUT2D eigenvalue weighted by atomic mass is 10.2. The molecule has 0 bridgehead atoms. The van der Waals surface area contributed by atoms with Gasteiger partial charge in [-0.05, 0) is 5.56 Å². The average molecular weight is 348 g/mol. The molecular formula is C16H24ClF2N3O. The lowest BCUT2D eigenvalue weighted by Gasteiger charge is -2.29. The lowest BCUT2D eigenvalue weighted by Crippen LogP contribution is -2.47. The molecule has 1 fully saturated rings. The summed E-state index contributed by atoms with van der Waals surface area (Å²) in [5, 5.41) is 3.19. The standard InChI is InChI=1S/C16H23F2N3O.ClH/c17-15(18)13-20(12-14-4-2-1-3-5-14)9-6-16(22)21-10-7-19-8-11-21;/h1-5,15,19H,6-13H2;1H. The van der Waals surface area contributed by atoms with Gasteiger partial charge in [-0.3, -0.25) is 9.69 Å². The highest BCUT2D eigenvalue weighted by Gasteiger charge is 2.18. The van der Waals surface area contributed by atoms with E-state index in [0.717, 1.165) is 18.7 Å². The Balaban J connectivity index is 0.00000264. The number of carbonyl (C=O) groups is 1. The molecule has 0 unspecified atom stereocenters. The Kier molecular flexibility index (Phi) is 9.06. The van der Waals surface area contributed by atoms with Crippen molar-refractivity contribution in [2.45, 2.75) is 19.4 Å². The summed E-state index contributed by atoms with van der Waals surface area (Å²) >= 11 is 0. The van der Waals surface area contributed by atoms with Crippen LogP contribution >= 0.6 is 12.4 Å². The van der Waals surface area contributed by atoms with Crippen LogP contribution in [0.1, 0.15) is 12.0 Å². The minimum absolute atomic E-state index is 0. The van der Waals surface area contributed by atoms with Gasteiger partial charge in [-0.1, -0.05) is 30.3 Å². The third kappa shape index (κ3) is 7.24. The van der Waals surface area contributed by atoms with E-state index < -0.39 is 6.43 Å². The largest absolute Gasteiger partial charge is 0.340 e. The molecule has 1 N–H and O–H groups in total. The fraction of sp³-hybridized carbons (Fsp3) is 0.562. The van der Waals surface area contributed by atoms with Crippen molar-refractivity contribution < 1.29 is 13.6 Å². The molecule has 0 radical (unpaired) electrons. The normalized spacial score (nSPS) is 14.9. The molecule has 1 amide bonds. The minimum atomic E-state index is -2.39. The smallest absolute Gasteiger partial charge is 0.251 e. The molecule has 130 valence electrons. The summed E-state index contributed by atoms with van der Waals surface area (Å²) in [6, 6.07) is 9.51. The Morgan fingerprint density at radius 1 is 1.22 bits per heavy atom. The van der Waals surface area contributed by atoms with Crippen molar-refractivity contribution in [3.8, 4) is 0 Å². The second-order valence-electron chi connectivity index (χ2n) is 5.49. The van der Waals surface area contributed by atoms with Crippen LogP contribution < -0.4 is 5.32 Å². The summed E-state index contributed by atoms with van der Waals surface area (Å²) < 4.78 is 25.4. The number of nitrogens with zero attached hydrogens (tertiary/aromatic N) is 2. The van der Waals surface area contributed by atoms with Gasteiger partial charge in [0.25, 0.3) is 6.43 Å². The van der Waals surface area contributed by atoms with Crippen molar-refractivity contribution in [1.29, 1.82) is 0 Å². The van der Waals surface area contributed by atoms with E-state index in [2.05, 4.69) is 5.32 Å². The first kappa shape index (κ1) is 19.8. The number of rotatable bonds is 7. The van der Waals surface area contributed by atoms with Gasteiger partial charge in [0.1, 0.15) is 0 Å². The van der Waals surface area contributed by atoms with Crippen molar-refractivity contribution in [1.82, 2.24) is 15.1 Å². The zero-order valence-corrected chi connectivity index (χ0v) is 13.9. The summed E-state index contributed by atoms with van der Waals surface area (Å²) in [5.41, 5.74) is 0.984. The average Bonchev–Trinajstić information content (AvgIpc) is 2.53. The maximum atomic E-state index is 12.7. The maximum Gasteiger partial charge on any atom is 0.251 e. The van der Waals surface area contributed by atoms with E-state index in [1.165, 1.54) is 0 Å². The molecule has 7 heteroatoms. The molecule has 4 nitrogen and oxygen atoms in total. The van der Waals surface area contributed by atoms with E-state index in [-0.39, 0.29) is 24.9 Å². The predicted octanol–water partition coefficient (Wildman–Crippen LogP) is 2.00. The van der Waals surface area contributed by atoms with Gasteiger partial charge in [0, 0.05) is 45.7 Å². The highest BCUT2D eigenvalue weighted by Crippen LogP contribution is 2.09. The van der Waals surface area contributed by atoms with E-state index in [1.807, 2.05) is 30.3 Å². The number of amides is 1. The Labute approximate surface area is 142 Å². The number of hydrogen-bond acceptors (Lipinski definition) is 3. The van der Waals surface area contributed by atoms with Crippen molar-refractivity contribution in [3.63, 3.8) is 0 Å². The Morgan fingerprint density at radius 3 is 2.48 bits per heavy atom. The van der Waals surface area contributed by atoms with Crippen LogP contribution in [0.2, 0.25) is 0 Å². The maximum absolute atomic E-state index is 12.7. The molecule has 1 aromatic carbocycles. The fourth-order valence-electron chi connectivity index (χ4n) is 2.60. The SMILES string of the molecule is Cl.O=C(CCN(Cc1ccccc1)CC(F)F)N1CCNCC1. The number of alkyl halides is 2. The first-order chi connectivity index (χ1) is 10.6.